The third-order valence-electron chi connectivity index (χ3n) is 4.88. The number of aromatic amines is 1. The molecule has 1 saturated heterocycles. The maximum absolute atomic E-state index is 5.50. The smallest absolute Gasteiger partial charge is 0.231 e. The molecular formula is C19H19N3O3. The van der Waals surface area contributed by atoms with Gasteiger partial charge in [-0.2, -0.15) is 0 Å². The number of para-hydroxylation sites is 2. The Morgan fingerprint density at radius 2 is 2.12 bits per heavy atom. The number of methoxy groups -OCH3 is 1. The molecule has 6 nitrogen and oxygen atoms in total. The summed E-state index contributed by atoms with van der Waals surface area (Å²) in [6.07, 6.45) is 0. The number of hydrogen-bond donors (Lipinski definition) is 1. The molecule has 5 rings (SSSR count). The number of fused-ring (bicyclic) bond motifs is 2. The van der Waals surface area contributed by atoms with E-state index in [0.717, 1.165) is 48.0 Å². The van der Waals surface area contributed by atoms with Crippen LogP contribution in [0.4, 0.5) is 0 Å². The zero-order chi connectivity index (χ0) is 16.8. The van der Waals surface area contributed by atoms with Gasteiger partial charge in [-0.1, -0.05) is 12.1 Å². The first-order valence-corrected chi connectivity index (χ1v) is 8.43. The van der Waals surface area contributed by atoms with Crippen molar-refractivity contribution in [2.45, 2.75) is 12.5 Å². The average Bonchev–Trinajstić information content (AvgIpc) is 3.22. The van der Waals surface area contributed by atoms with Crippen molar-refractivity contribution in [1.82, 2.24) is 14.9 Å². The van der Waals surface area contributed by atoms with Gasteiger partial charge >= 0.3 is 0 Å². The standard InChI is InChI=1S/C19H19N3O3/c1-23-16-6-12(7-17-18(16)25-11-24-17)8-22-9-13(10-22)19-20-14-4-2-3-5-15(14)21-19/h2-7,13H,8-11H2,1H3,(H,20,21). The number of nitrogens with zero attached hydrogens (tertiary/aromatic N) is 2. The van der Waals surface area contributed by atoms with E-state index in [2.05, 4.69) is 16.0 Å². The Morgan fingerprint density at radius 3 is 2.96 bits per heavy atom. The molecule has 1 aromatic heterocycles. The van der Waals surface area contributed by atoms with Crippen molar-refractivity contribution in [2.24, 2.45) is 0 Å². The van der Waals surface area contributed by atoms with Crippen molar-refractivity contribution < 1.29 is 14.2 Å². The molecule has 6 heteroatoms. The first-order chi connectivity index (χ1) is 12.3. The van der Waals surface area contributed by atoms with Crippen molar-refractivity contribution in [1.29, 1.82) is 0 Å². The van der Waals surface area contributed by atoms with E-state index in [1.807, 2.05) is 30.3 Å². The molecular weight excluding hydrogens is 318 g/mol. The van der Waals surface area contributed by atoms with E-state index < -0.39 is 0 Å². The summed E-state index contributed by atoms with van der Waals surface area (Å²) in [6, 6.07) is 12.2. The molecule has 0 unspecified atom stereocenters. The number of hydrogen-bond acceptors (Lipinski definition) is 5. The second-order valence-corrected chi connectivity index (χ2v) is 6.56. The van der Waals surface area contributed by atoms with Crippen LogP contribution >= 0.6 is 0 Å². The maximum atomic E-state index is 5.50. The van der Waals surface area contributed by atoms with Crippen LogP contribution in [0.3, 0.4) is 0 Å². The zero-order valence-electron chi connectivity index (χ0n) is 14.0. The van der Waals surface area contributed by atoms with Crippen LogP contribution in [-0.2, 0) is 6.54 Å². The van der Waals surface area contributed by atoms with Crippen LogP contribution in [0.1, 0.15) is 17.3 Å². The molecule has 1 fully saturated rings. The molecule has 0 bridgehead atoms. The molecule has 0 aliphatic carbocycles. The minimum absolute atomic E-state index is 0.257. The SMILES string of the molecule is COc1cc(CN2CC(c3nc4ccccc4[nH]3)C2)cc2c1OCO2. The highest BCUT2D eigenvalue weighted by Crippen LogP contribution is 2.42. The summed E-state index contributed by atoms with van der Waals surface area (Å²) in [7, 11) is 1.66. The van der Waals surface area contributed by atoms with Crippen LogP contribution in [0.2, 0.25) is 0 Å². The molecule has 1 N–H and O–H groups in total. The summed E-state index contributed by atoms with van der Waals surface area (Å²) >= 11 is 0. The van der Waals surface area contributed by atoms with Gasteiger partial charge in [0.1, 0.15) is 5.82 Å². The number of likely N-dealkylation sites (tertiary alicyclic amines) is 1. The Kier molecular flexibility index (Phi) is 3.31. The minimum Gasteiger partial charge on any atom is -0.493 e. The number of aromatic nitrogens is 2. The number of H-pyrrole nitrogens is 1. The normalized spacial score (nSPS) is 17.0. The van der Waals surface area contributed by atoms with E-state index in [0.29, 0.717) is 11.7 Å². The van der Waals surface area contributed by atoms with Crippen LogP contribution in [0.25, 0.3) is 11.0 Å². The molecule has 0 spiro atoms. The third-order valence-corrected chi connectivity index (χ3v) is 4.88. The van der Waals surface area contributed by atoms with Crippen LogP contribution < -0.4 is 14.2 Å². The second kappa shape index (κ2) is 5.67. The molecule has 0 atom stereocenters. The molecule has 0 saturated carbocycles. The molecule has 128 valence electrons. The lowest BCUT2D eigenvalue weighted by atomic mass is 9.98. The Labute approximate surface area is 145 Å². The van der Waals surface area contributed by atoms with Crippen LogP contribution in [-0.4, -0.2) is 41.9 Å². The minimum atomic E-state index is 0.257. The van der Waals surface area contributed by atoms with Crippen molar-refractivity contribution in [3.63, 3.8) is 0 Å². The largest absolute Gasteiger partial charge is 0.493 e. The van der Waals surface area contributed by atoms with Gasteiger partial charge < -0.3 is 19.2 Å². The van der Waals surface area contributed by atoms with E-state index in [-0.39, 0.29) is 6.79 Å². The molecule has 0 radical (unpaired) electrons. The number of benzene rings is 2. The van der Waals surface area contributed by atoms with Gasteiger partial charge in [0, 0.05) is 25.6 Å². The number of rotatable bonds is 4. The van der Waals surface area contributed by atoms with Gasteiger partial charge in [0.05, 0.1) is 18.1 Å². The van der Waals surface area contributed by atoms with Crippen molar-refractivity contribution in [2.75, 3.05) is 27.0 Å². The van der Waals surface area contributed by atoms with E-state index >= 15 is 0 Å². The van der Waals surface area contributed by atoms with E-state index in [9.17, 15) is 0 Å². The predicted octanol–water partition coefficient (Wildman–Crippen LogP) is 2.90. The quantitative estimate of drug-likeness (QED) is 0.793. The van der Waals surface area contributed by atoms with E-state index in [4.69, 9.17) is 19.2 Å². The lowest BCUT2D eigenvalue weighted by Crippen LogP contribution is -2.44. The molecule has 2 aliphatic heterocycles. The summed E-state index contributed by atoms with van der Waals surface area (Å²) in [4.78, 5) is 10.5. The Morgan fingerprint density at radius 1 is 1.24 bits per heavy atom. The average molecular weight is 337 g/mol. The number of nitrogens with one attached hydrogen (secondary N) is 1. The summed E-state index contributed by atoms with van der Waals surface area (Å²) in [6.45, 7) is 3.11. The summed E-state index contributed by atoms with van der Waals surface area (Å²) < 4.78 is 16.4. The monoisotopic (exact) mass is 337 g/mol. The number of ether oxygens (including phenoxy) is 3. The molecule has 2 aromatic carbocycles. The van der Waals surface area contributed by atoms with Crippen molar-refractivity contribution >= 4 is 11.0 Å². The first kappa shape index (κ1) is 14.6. The van der Waals surface area contributed by atoms with E-state index in [1.54, 1.807) is 7.11 Å². The molecule has 25 heavy (non-hydrogen) atoms. The first-order valence-electron chi connectivity index (χ1n) is 8.43. The molecule has 0 amide bonds. The van der Waals surface area contributed by atoms with Crippen LogP contribution in [0.15, 0.2) is 36.4 Å². The summed E-state index contributed by atoms with van der Waals surface area (Å²) in [5.41, 5.74) is 3.32. The van der Waals surface area contributed by atoms with Gasteiger partial charge in [0.15, 0.2) is 11.5 Å². The van der Waals surface area contributed by atoms with E-state index in [1.165, 1.54) is 5.56 Å². The lowest BCUT2D eigenvalue weighted by Gasteiger charge is -2.38. The predicted molar refractivity (Wildman–Crippen MR) is 93.2 cm³/mol. The third kappa shape index (κ3) is 2.49. The van der Waals surface area contributed by atoms with Gasteiger partial charge in [0.25, 0.3) is 0 Å². The van der Waals surface area contributed by atoms with Crippen LogP contribution in [0.5, 0.6) is 17.2 Å². The van der Waals surface area contributed by atoms with Crippen LogP contribution in [0, 0.1) is 0 Å². The lowest BCUT2D eigenvalue weighted by molar-refractivity contribution is 0.135. The zero-order valence-corrected chi connectivity index (χ0v) is 14.0. The number of imidazole rings is 1. The fraction of sp³-hybridized carbons (Fsp3) is 0.316. The highest BCUT2D eigenvalue weighted by Gasteiger charge is 2.31. The van der Waals surface area contributed by atoms with Crippen molar-refractivity contribution in [3.8, 4) is 17.2 Å². The Bertz CT molecular complexity index is 898. The summed E-state index contributed by atoms with van der Waals surface area (Å²) in [5, 5.41) is 0. The van der Waals surface area contributed by atoms with Gasteiger partial charge in [0.2, 0.25) is 12.5 Å². The van der Waals surface area contributed by atoms with Gasteiger partial charge in [-0.15, -0.1) is 0 Å². The highest BCUT2D eigenvalue weighted by molar-refractivity contribution is 5.74. The fourth-order valence-corrected chi connectivity index (χ4v) is 3.57. The topological polar surface area (TPSA) is 59.6 Å². The molecule has 3 aromatic rings. The molecule has 2 aliphatic rings. The Hall–Kier alpha value is -2.73. The molecule has 3 heterocycles. The second-order valence-electron chi connectivity index (χ2n) is 6.56. The van der Waals surface area contributed by atoms with Crippen molar-refractivity contribution in [3.05, 3.63) is 47.8 Å². The van der Waals surface area contributed by atoms with Gasteiger partial charge in [-0.3, -0.25) is 4.90 Å². The van der Waals surface area contributed by atoms with Gasteiger partial charge in [-0.05, 0) is 29.8 Å². The maximum Gasteiger partial charge on any atom is 0.231 e. The highest BCUT2D eigenvalue weighted by atomic mass is 16.7. The Balaban J connectivity index is 1.28. The summed E-state index contributed by atoms with van der Waals surface area (Å²) in [5.74, 6) is 3.75. The fourth-order valence-electron chi connectivity index (χ4n) is 3.57. The van der Waals surface area contributed by atoms with Gasteiger partial charge in [-0.25, -0.2) is 4.98 Å².